The highest BCUT2D eigenvalue weighted by Gasteiger charge is 2.46. The van der Waals surface area contributed by atoms with E-state index in [0.717, 1.165) is 24.8 Å². The molecule has 142 valence electrons. The van der Waals surface area contributed by atoms with Crippen molar-refractivity contribution in [1.29, 1.82) is 0 Å². The summed E-state index contributed by atoms with van der Waals surface area (Å²) < 4.78 is 11.6. The molecule has 0 aliphatic carbocycles. The highest BCUT2D eigenvalue weighted by Crippen LogP contribution is 2.48. The number of carbonyl (C=O) groups is 1. The Labute approximate surface area is 154 Å². The van der Waals surface area contributed by atoms with Gasteiger partial charge in [-0.2, -0.15) is 0 Å². The number of hydrogen-bond donors (Lipinski definition) is 0. The van der Waals surface area contributed by atoms with Crippen molar-refractivity contribution in [2.24, 2.45) is 0 Å². The first-order chi connectivity index (χ1) is 11.7. The van der Waals surface area contributed by atoms with Crippen molar-refractivity contribution in [3.63, 3.8) is 0 Å². The van der Waals surface area contributed by atoms with Gasteiger partial charge in [0.25, 0.3) is 0 Å². The molecule has 3 rings (SSSR count). The lowest BCUT2D eigenvalue weighted by molar-refractivity contribution is -0.0625. The smallest absolute Gasteiger partial charge is 0.412 e. The Morgan fingerprint density at radius 1 is 1.16 bits per heavy atom. The maximum absolute atomic E-state index is 12.8. The minimum Gasteiger partial charge on any atom is -0.444 e. The monoisotopic (exact) mass is 349 g/mol. The van der Waals surface area contributed by atoms with Crippen LogP contribution in [0.25, 0.3) is 0 Å². The molecule has 25 heavy (non-hydrogen) atoms. The molecule has 1 atom stereocenters. The van der Waals surface area contributed by atoms with E-state index in [1.807, 2.05) is 39.5 Å². The van der Waals surface area contributed by atoms with E-state index in [0.29, 0.717) is 6.61 Å². The van der Waals surface area contributed by atoms with Gasteiger partial charge in [-0.15, -0.1) is 0 Å². The average Bonchev–Trinajstić information content (AvgIpc) is 2.77. The molecule has 3 saturated heterocycles. The number of hydrogen-bond acceptors (Lipinski definition) is 3. The molecule has 0 radical (unpaired) electrons. The molecule has 5 heteroatoms. The third-order valence-corrected chi connectivity index (χ3v) is 6.51. The van der Waals surface area contributed by atoms with Gasteiger partial charge in [-0.05, 0) is 41.0 Å². The highest BCUT2D eigenvalue weighted by atomic mass is 16.6. The molecule has 4 nitrogen and oxygen atoms in total. The molecule has 0 unspecified atom stereocenters. The van der Waals surface area contributed by atoms with Crippen LogP contribution in [0.1, 0.15) is 79.6 Å². The first-order valence-corrected chi connectivity index (χ1v) is 10.3. The molecule has 3 heterocycles. The predicted molar refractivity (Wildman–Crippen MR) is 102 cm³/mol. The van der Waals surface area contributed by atoms with Crippen molar-refractivity contribution < 1.29 is 14.3 Å². The summed E-state index contributed by atoms with van der Waals surface area (Å²) in [4.78, 5) is 14.6. The SMILES string of the molecule is CC(C)(C)OC(=O)N1[C@@H](CCB2C3CCCC2CCC3)COC1(C)C. The Kier molecular flexibility index (Phi) is 5.44. The Balaban J connectivity index is 1.63. The number of carbonyl (C=O) groups excluding carboxylic acids is 1. The summed E-state index contributed by atoms with van der Waals surface area (Å²) >= 11 is 0. The number of nitrogens with zero attached hydrogens (tertiary/aromatic N) is 1. The summed E-state index contributed by atoms with van der Waals surface area (Å²) in [6.07, 6.45) is 10.6. The van der Waals surface area contributed by atoms with Gasteiger partial charge in [0, 0.05) is 0 Å². The second-order valence-corrected chi connectivity index (χ2v) is 9.89. The largest absolute Gasteiger partial charge is 0.444 e. The lowest BCUT2D eigenvalue weighted by atomic mass is 9.25. The standard InChI is InChI=1S/C20H36BNO3/c1-19(2,3)25-18(23)22-17(14-24-20(22,4)5)12-13-21-15-8-6-9-16(21)11-7-10-15/h15-17H,6-14H2,1-5H3/t15?,16?,17-/m0/s1. The van der Waals surface area contributed by atoms with Crippen LogP contribution in [0.4, 0.5) is 4.79 Å². The van der Waals surface area contributed by atoms with Gasteiger partial charge < -0.3 is 9.47 Å². The summed E-state index contributed by atoms with van der Waals surface area (Å²) in [6, 6.07) is 0.146. The first kappa shape index (κ1) is 19.1. The fourth-order valence-corrected chi connectivity index (χ4v) is 5.45. The zero-order chi connectivity index (χ0) is 18.2. The molecule has 0 saturated carbocycles. The molecular weight excluding hydrogens is 313 g/mol. The second kappa shape index (κ2) is 7.13. The van der Waals surface area contributed by atoms with E-state index in [9.17, 15) is 4.79 Å². The van der Waals surface area contributed by atoms with Gasteiger partial charge in [0.1, 0.15) is 18.0 Å². The Morgan fingerprint density at radius 3 is 2.24 bits per heavy atom. The maximum Gasteiger partial charge on any atom is 0.412 e. The quantitative estimate of drug-likeness (QED) is 0.645. The summed E-state index contributed by atoms with van der Waals surface area (Å²) in [7, 11) is 0. The van der Waals surface area contributed by atoms with Gasteiger partial charge in [0.2, 0.25) is 0 Å². The van der Waals surface area contributed by atoms with Crippen LogP contribution in [0.5, 0.6) is 0 Å². The van der Waals surface area contributed by atoms with Crippen molar-refractivity contribution >= 4 is 12.8 Å². The average molecular weight is 349 g/mol. The molecule has 0 spiro atoms. The van der Waals surface area contributed by atoms with Crippen molar-refractivity contribution in [2.75, 3.05) is 6.61 Å². The zero-order valence-electron chi connectivity index (χ0n) is 16.8. The minimum absolute atomic E-state index is 0.146. The molecule has 2 bridgehead atoms. The fourth-order valence-electron chi connectivity index (χ4n) is 5.45. The molecule has 3 aliphatic rings. The molecular formula is C20H36BNO3. The molecule has 0 N–H and O–H groups in total. The van der Waals surface area contributed by atoms with Crippen LogP contribution in [0.2, 0.25) is 18.0 Å². The van der Waals surface area contributed by atoms with Crippen LogP contribution in [0.3, 0.4) is 0 Å². The maximum atomic E-state index is 12.8. The molecule has 0 aromatic carbocycles. The van der Waals surface area contributed by atoms with E-state index in [1.165, 1.54) is 44.8 Å². The number of ether oxygens (including phenoxy) is 2. The third-order valence-electron chi connectivity index (χ3n) is 6.51. The van der Waals surface area contributed by atoms with Gasteiger partial charge in [-0.3, -0.25) is 4.90 Å². The summed E-state index contributed by atoms with van der Waals surface area (Å²) in [5.74, 6) is 1.86. The van der Waals surface area contributed by atoms with Gasteiger partial charge in [0.15, 0.2) is 0 Å². The second-order valence-electron chi connectivity index (χ2n) is 9.89. The van der Waals surface area contributed by atoms with Crippen LogP contribution in [-0.2, 0) is 9.47 Å². The van der Waals surface area contributed by atoms with Gasteiger partial charge in [-0.1, -0.05) is 56.5 Å². The van der Waals surface area contributed by atoms with E-state index in [-0.39, 0.29) is 12.1 Å². The van der Waals surface area contributed by atoms with E-state index in [4.69, 9.17) is 9.47 Å². The Hall–Kier alpha value is -0.705. The van der Waals surface area contributed by atoms with Crippen molar-refractivity contribution in [3.05, 3.63) is 0 Å². The molecule has 3 fully saturated rings. The molecule has 3 aliphatic heterocycles. The van der Waals surface area contributed by atoms with Crippen molar-refractivity contribution in [1.82, 2.24) is 4.90 Å². The van der Waals surface area contributed by atoms with Crippen molar-refractivity contribution in [2.45, 2.75) is 115 Å². The predicted octanol–water partition coefficient (Wildman–Crippen LogP) is 5.35. The van der Waals surface area contributed by atoms with Crippen LogP contribution in [-0.4, -0.2) is 41.7 Å². The fraction of sp³-hybridized carbons (Fsp3) is 0.950. The Bertz CT molecular complexity index is 466. The Morgan fingerprint density at radius 2 is 1.72 bits per heavy atom. The zero-order valence-corrected chi connectivity index (χ0v) is 16.8. The summed E-state index contributed by atoms with van der Waals surface area (Å²) in [5.41, 5.74) is -1.05. The molecule has 0 aromatic heterocycles. The van der Waals surface area contributed by atoms with Crippen LogP contribution < -0.4 is 0 Å². The molecule has 0 aromatic rings. The van der Waals surface area contributed by atoms with Gasteiger partial charge >= 0.3 is 6.09 Å². The summed E-state index contributed by atoms with van der Waals surface area (Å²) in [6.45, 7) is 11.2. The number of rotatable bonds is 3. The van der Waals surface area contributed by atoms with Crippen LogP contribution in [0.15, 0.2) is 0 Å². The van der Waals surface area contributed by atoms with Crippen LogP contribution >= 0.6 is 0 Å². The minimum atomic E-state index is -0.574. The van der Waals surface area contributed by atoms with E-state index in [1.54, 1.807) is 0 Å². The summed E-state index contributed by atoms with van der Waals surface area (Å²) in [5, 5.41) is 0. The number of amides is 1. The van der Waals surface area contributed by atoms with E-state index in [2.05, 4.69) is 0 Å². The topological polar surface area (TPSA) is 38.8 Å². The van der Waals surface area contributed by atoms with Crippen LogP contribution in [0, 0.1) is 0 Å². The molecule has 1 amide bonds. The lowest BCUT2D eigenvalue weighted by Crippen LogP contribution is -2.50. The first-order valence-electron chi connectivity index (χ1n) is 10.3. The van der Waals surface area contributed by atoms with Crippen molar-refractivity contribution in [3.8, 4) is 0 Å². The third kappa shape index (κ3) is 4.35. The van der Waals surface area contributed by atoms with E-state index >= 15 is 0 Å². The van der Waals surface area contributed by atoms with E-state index < -0.39 is 11.3 Å². The normalized spacial score (nSPS) is 32.0. The lowest BCUT2D eigenvalue weighted by Gasteiger charge is -2.41. The number of fused-ring (bicyclic) bond motifs is 2. The van der Waals surface area contributed by atoms with Gasteiger partial charge in [-0.25, -0.2) is 4.79 Å². The highest BCUT2D eigenvalue weighted by molar-refractivity contribution is 6.62. The van der Waals surface area contributed by atoms with Gasteiger partial charge in [0.05, 0.1) is 12.6 Å².